The molecule has 4 heteroatoms. The summed E-state index contributed by atoms with van der Waals surface area (Å²) in [5.41, 5.74) is 2.33. The smallest absolute Gasteiger partial charge is 0.161 e. The van der Waals surface area contributed by atoms with Crippen LogP contribution in [-0.2, 0) is 13.2 Å². The molecule has 0 fully saturated rings. The van der Waals surface area contributed by atoms with Crippen molar-refractivity contribution in [1.82, 2.24) is 10.2 Å². The number of ether oxygens (including phenoxy) is 2. The van der Waals surface area contributed by atoms with Crippen molar-refractivity contribution in [2.45, 2.75) is 13.2 Å². The first-order chi connectivity index (χ1) is 11.2. The van der Waals surface area contributed by atoms with Crippen molar-refractivity contribution in [3.05, 3.63) is 59.7 Å². The van der Waals surface area contributed by atoms with Gasteiger partial charge in [-0.25, -0.2) is 0 Å². The summed E-state index contributed by atoms with van der Waals surface area (Å²) in [6.07, 6.45) is 0. The van der Waals surface area contributed by atoms with Crippen molar-refractivity contribution in [3.8, 4) is 11.5 Å². The number of hydrogen-bond acceptors (Lipinski definition) is 4. The van der Waals surface area contributed by atoms with Gasteiger partial charge >= 0.3 is 0 Å². The molecule has 0 heterocycles. The average Bonchev–Trinajstić information content (AvgIpc) is 2.58. The zero-order chi connectivity index (χ0) is 16.5. The Hall–Kier alpha value is -2.04. The minimum absolute atomic E-state index is 0.536. The number of methoxy groups -OCH3 is 1. The highest BCUT2D eigenvalue weighted by Crippen LogP contribution is 2.28. The molecule has 0 amide bonds. The summed E-state index contributed by atoms with van der Waals surface area (Å²) in [6, 6.07) is 16.2. The second-order valence-corrected chi connectivity index (χ2v) is 5.74. The molecular formula is C19H26N2O2. The lowest BCUT2D eigenvalue weighted by atomic mass is 10.2. The zero-order valence-corrected chi connectivity index (χ0v) is 14.2. The maximum absolute atomic E-state index is 5.94. The van der Waals surface area contributed by atoms with Gasteiger partial charge < -0.3 is 19.7 Å². The van der Waals surface area contributed by atoms with Gasteiger partial charge in [0.15, 0.2) is 11.5 Å². The molecule has 2 rings (SSSR count). The third kappa shape index (κ3) is 5.93. The number of nitrogens with one attached hydrogen (secondary N) is 1. The van der Waals surface area contributed by atoms with E-state index in [-0.39, 0.29) is 0 Å². The topological polar surface area (TPSA) is 33.7 Å². The van der Waals surface area contributed by atoms with Crippen LogP contribution < -0.4 is 14.8 Å². The van der Waals surface area contributed by atoms with Crippen molar-refractivity contribution in [3.63, 3.8) is 0 Å². The number of hydrogen-bond donors (Lipinski definition) is 1. The first-order valence-corrected chi connectivity index (χ1v) is 7.88. The van der Waals surface area contributed by atoms with Crippen molar-refractivity contribution >= 4 is 0 Å². The van der Waals surface area contributed by atoms with E-state index in [1.807, 2.05) is 30.3 Å². The van der Waals surface area contributed by atoms with E-state index in [9.17, 15) is 0 Å². The predicted molar refractivity (Wildman–Crippen MR) is 94.0 cm³/mol. The molecule has 2 aromatic carbocycles. The van der Waals surface area contributed by atoms with E-state index < -0.39 is 0 Å². The minimum atomic E-state index is 0.536. The van der Waals surface area contributed by atoms with E-state index in [2.05, 4.69) is 42.5 Å². The second-order valence-electron chi connectivity index (χ2n) is 5.74. The minimum Gasteiger partial charge on any atom is -0.493 e. The Balaban J connectivity index is 1.95. The summed E-state index contributed by atoms with van der Waals surface area (Å²) in [6.45, 7) is 3.33. The standard InChI is InChI=1S/C19H26N2O2/c1-21(2)12-11-20-14-17-9-10-18(22-3)19(13-17)23-15-16-7-5-4-6-8-16/h4-10,13,20H,11-12,14-15H2,1-3H3. The third-order valence-corrected chi connectivity index (χ3v) is 3.53. The van der Waals surface area contributed by atoms with E-state index in [1.54, 1.807) is 7.11 Å². The summed E-state index contributed by atoms with van der Waals surface area (Å²) in [5.74, 6) is 1.54. The van der Waals surface area contributed by atoms with Gasteiger partial charge in [-0.2, -0.15) is 0 Å². The second kappa shape index (κ2) is 9.18. The highest BCUT2D eigenvalue weighted by Gasteiger charge is 2.06. The molecule has 0 bridgehead atoms. The highest BCUT2D eigenvalue weighted by atomic mass is 16.5. The summed E-state index contributed by atoms with van der Waals surface area (Å²) in [5, 5.41) is 3.43. The van der Waals surface area contributed by atoms with Crippen LogP contribution >= 0.6 is 0 Å². The molecule has 124 valence electrons. The van der Waals surface area contributed by atoms with E-state index in [4.69, 9.17) is 9.47 Å². The quantitative estimate of drug-likeness (QED) is 0.722. The van der Waals surface area contributed by atoms with E-state index >= 15 is 0 Å². The first kappa shape index (κ1) is 17.3. The van der Waals surface area contributed by atoms with Gasteiger partial charge in [0.2, 0.25) is 0 Å². The average molecular weight is 314 g/mol. The van der Waals surface area contributed by atoms with E-state index in [0.717, 1.165) is 36.7 Å². The summed E-state index contributed by atoms with van der Waals surface area (Å²) < 4.78 is 11.3. The lowest BCUT2D eigenvalue weighted by Crippen LogP contribution is -2.26. The fourth-order valence-electron chi connectivity index (χ4n) is 2.21. The first-order valence-electron chi connectivity index (χ1n) is 7.88. The van der Waals surface area contributed by atoms with Crippen LogP contribution in [0.5, 0.6) is 11.5 Å². The lowest BCUT2D eigenvalue weighted by Gasteiger charge is -2.14. The Labute approximate surface area is 139 Å². The monoisotopic (exact) mass is 314 g/mol. The van der Waals surface area contributed by atoms with Crippen LogP contribution in [0.3, 0.4) is 0 Å². The Morgan fingerprint density at radius 2 is 1.74 bits per heavy atom. The molecular weight excluding hydrogens is 288 g/mol. The summed E-state index contributed by atoms with van der Waals surface area (Å²) in [4.78, 5) is 2.16. The van der Waals surface area contributed by atoms with Crippen molar-refractivity contribution < 1.29 is 9.47 Å². The molecule has 4 nitrogen and oxygen atoms in total. The molecule has 1 N–H and O–H groups in total. The van der Waals surface area contributed by atoms with Crippen LogP contribution in [0.1, 0.15) is 11.1 Å². The summed E-state index contributed by atoms with van der Waals surface area (Å²) in [7, 11) is 5.81. The maximum atomic E-state index is 5.94. The lowest BCUT2D eigenvalue weighted by molar-refractivity contribution is 0.284. The number of likely N-dealkylation sites (N-methyl/N-ethyl adjacent to an activating group) is 1. The molecule has 0 aliphatic rings. The van der Waals surface area contributed by atoms with Crippen LogP contribution in [-0.4, -0.2) is 39.2 Å². The molecule has 0 saturated carbocycles. The van der Waals surface area contributed by atoms with Crippen LogP contribution in [0.15, 0.2) is 48.5 Å². The fourth-order valence-corrected chi connectivity index (χ4v) is 2.21. The van der Waals surface area contributed by atoms with Crippen molar-refractivity contribution in [2.75, 3.05) is 34.3 Å². The highest BCUT2D eigenvalue weighted by molar-refractivity contribution is 5.43. The SMILES string of the molecule is COc1ccc(CNCCN(C)C)cc1OCc1ccccc1. The Morgan fingerprint density at radius 1 is 0.957 bits per heavy atom. The van der Waals surface area contributed by atoms with Crippen molar-refractivity contribution in [2.24, 2.45) is 0 Å². The van der Waals surface area contributed by atoms with Crippen LogP contribution in [0, 0.1) is 0 Å². The van der Waals surface area contributed by atoms with Crippen LogP contribution in [0.2, 0.25) is 0 Å². The normalized spacial score (nSPS) is 10.8. The predicted octanol–water partition coefficient (Wildman–Crippen LogP) is 2.93. The number of nitrogens with zero attached hydrogens (tertiary/aromatic N) is 1. The fraction of sp³-hybridized carbons (Fsp3) is 0.368. The molecule has 0 atom stereocenters. The van der Waals surface area contributed by atoms with Gasteiger partial charge in [0, 0.05) is 19.6 Å². The molecule has 2 aromatic rings. The molecule has 0 aromatic heterocycles. The molecule has 23 heavy (non-hydrogen) atoms. The van der Waals surface area contributed by atoms with Crippen LogP contribution in [0.25, 0.3) is 0 Å². The maximum Gasteiger partial charge on any atom is 0.161 e. The largest absolute Gasteiger partial charge is 0.493 e. The van der Waals surface area contributed by atoms with Gasteiger partial charge in [0.05, 0.1) is 7.11 Å². The van der Waals surface area contributed by atoms with Gasteiger partial charge in [0.1, 0.15) is 6.61 Å². The van der Waals surface area contributed by atoms with Gasteiger partial charge in [-0.15, -0.1) is 0 Å². The molecule has 0 radical (unpaired) electrons. The van der Waals surface area contributed by atoms with Gasteiger partial charge in [-0.1, -0.05) is 36.4 Å². The molecule has 0 unspecified atom stereocenters. The zero-order valence-electron chi connectivity index (χ0n) is 14.2. The third-order valence-electron chi connectivity index (χ3n) is 3.53. The van der Waals surface area contributed by atoms with E-state index in [1.165, 1.54) is 5.56 Å². The van der Waals surface area contributed by atoms with Gasteiger partial charge in [-0.3, -0.25) is 0 Å². The van der Waals surface area contributed by atoms with Crippen molar-refractivity contribution in [1.29, 1.82) is 0 Å². The Kier molecular flexibility index (Phi) is 6.91. The Morgan fingerprint density at radius 3 is 2.43 bits per heavy atom. The molecule has 0 aliphatic carbocycles. The Bertz CT molecular complexity index is 585. The number of rotatable bonds is 9. The van der Waals surface area contributed by atoms with Crippen LogP contribution in [0.4, 0.5) is 0 Å². The number of benzene rings is 2. The summed E-state index contributed by atoms with van der Waals surface area (Å²) >= 11 is 0. The molecule has 0 saturated heterocycles. The van der Waals surface area contributed by atoms with Gasteiger partial charge in [0.25, 0.3) is 0 Å². The molecule has 0 spiro atoms. The van der Waals surface area contributed by atoms with E-state index in [0.29, 0.717) is 6.61 Å². The van der Waals surface area contributed by atoms with Gasteiger partial charge in [-0.05, 0) is 37.4 Å². The molecule has 0 aliphatic heterocycles.